The number of aryl methyl sites for hydroxylation is 1. The Morgan fingerprint density at radius 1 is 1.21 bits per heavy atom. The Bertz CT molecular complexity index is 1270. The number of benzene rings is 2. The average Bonchev–Trinajstić information content (AvgIpc) is 3.34. The molecule has 0 bridgehead atoms. The van der Waals surface area contributed by atoms with E-state index in [2.05, 4.69) is 10.3 Å². The predicted octanol–water partition coefficient (Wildman–Crippen LogP) is 5.25. The van der Waals surface area contributed by atoms with Crippen LogP contribution in [0, 0.1) is 25.2 Å². The monoisotopic (exact) mass is 398 g/mol. The third-order valence-corrected chi connectivity index (χ3v) is 5.54. The fourth-order valence-corrected chi connectivity index (χ4v) is 4.13. The zero-order valence-electron chi connectivity index (χ0n) is 16.0. The Kier molecular flexibility index (Phi) is 4.98. The molecule has 0 aliphatic carbocycles. The number of aromatic nitrogens is 2. The number of fused-ring (bicyclic) bond motifs is 1. The number of hydrogen-bond donors (Lipinski definition) is 1. The largest absolute Gasteiger partial charge is 0.321 e. The summed E-state index contributed by atoms with van der Waals surface area (Å²) >= 11 is 1.54. The minimum atomic E-state index is -0.428. The molecule has 0 aliphatic heterocycles. The minimum absolute atomic E-state index is 0.0531. The molecule has 1 N–H and O–H groups in total. The lowest BCUT2D eigenvalue weighted by Crippen LogP contribution is -2.13. The van der Waals surface area contributed by atoms with Gasteiger partial charge in [0.2, 0.25) is 0 Å². The summed E-state index contributed by atoms with van der Waals surface area (Å²) in [6, 6.07) is 17.5. The maximum Gasteiger partial charge on any atom is 0.266 e. The maximum absolute atomic E-state index is 12.8. The first-order chi connectivity index (χ1) is 14.1. The van der Waals surface area contributed by atoms with Gasteiger partial charge >= 0.3 is 0 Å². The lowest BCUT2D eigenvalue weighted by Gasteiger charge is -2.08. The Labute approximate surface area is 172 Å². The first-order valence-electron chi connectivity index (χ1n) is 9.08. The molecule has 0 aliphatic rings. The van der Waals surface area contributed by atoms with Crippen LogP contribution in [0.15, 0.2) is 65.7 Å². The number of carbonyl (C=O) groups excluding carboxylic acids is 1. The Balaban J connectivity index is 1.67. The van der Waals surface area contributed by atoms with Crippen LogP contribution in [0.25, 0.3) is 22.0 Å². The van der Waals surface area contributed by atoms with Gasteiger partial charge in [-0.2, -0.15) is 5.26 Å². The summed E-state index contributed by atoms with van der Waals surface area (Å²) in [5.41, 5.74) is 3.49. The molecule has 0 saturated carbocycles. The van der Waals surface area contributed by atoms with Crippen LogP contribution < -0.4 is 5.32 Å². The first-order valence-corrected chi connectivity index (χ1v) is 9.96. The van der Waals surface area contributed by atoms with Crippen molar-refractivity contribution in [2.75, 3.05) is 5.32 Å². The molecule has 4 rings (SSSR count). The second-order valence-electron chi connectivity index (χ2n) is 6.63. The fourth-order valence-electron chi connectivity index (χ4n) is 3.38. The van der Waals surface area contributed by atoms with Gasteiger partial charge in [0.15, 0.2) is 5.13 Å². The van der Waals surface area contributed by atoms with Gasteiger partial charge in [0.05, 0.1) is 0 Å². The van der Waals surface area contributed by atoms with Crippen LogP contribution >= 0.6 is 11.3 Å². The number of anilines is 1. The number of rotatable bonds is 4. The number of nitrogens with zero attached hydrogens (tertiary/aromatic N) is 3. The summed E-state index contributed by atoms with van der Waals surface area (Å²) in [5, 5.41) is 17.2. The van der Waals surface area contributed by atoms with E-state index < -0.39 is 5.91 Å². The van der Waals surface area contributed by atoms with Crippen molar-refractivity contribution in [1.29, 1.82) is 5.26 Å². The summed E-state index contributed by atoms with van der Waals surface area (Å²) in [5.74, 6) is -0.428. The van der Waals surface area contributed by atoms with Crippen molar-refractivity contribution in [2.45, 2.75) is 13.8 Å². The van der Waals surface area contributed by atoms with Gasteiger partial charge in [-0.1, -0.05) is 36.4 Å². The van der Waals surface area contributed by atoms with Crippen LogP contribution in [0.5, 0.6) is 0 Å². The fraction of sp³-hybridized carbons (Fsp3) is 0.0870. The van der Waals surface area contributed by atoms with E-state index in [0.29, 0.717) is 5.69 Å². The van der Waals surface area contributed by atoms with E-state index >= 15 is 0 Å². The minimum Gasteiger partial charge on any atom is -0.321 e. The van der Waals surface area contributed by atoms with Gasteiger partial charge < -0.3 is 5.32 Å². The van der Waals surface area contributed by atoms with Gasteiger partial charge in [0.1, 0.15) is 11.6 Å². The smallest absolute Gasteiger partial charge is 0.266 e. The molecule has 0 fully saturated rings. The molecule has 142 valence electrons. The average molecular weight is 398 g/mol. The van der Waals surface area contributed by atoms with E-state index in [-0.39, 0.29) is 5.57 Å². The van der Waals surface area contributed by atoms with Gasteiger partial charge in [0.25, 0.3) is 5.91 Å². The summed E-state index contributed by atoms with van der Waals surface area (Å²) in [6.07, 6.45) is 3.39. The lowest BCUT2D eigenvalue weighted by molar-refractivity contribution is -0.112. The second-order valence-corrected chi connectivity index (χ2v) is 7.50. The number of nitrogens with one attached hydrogen (secondary N) is 1. The molecule has 5 nitrogen and oxygen atoms in total. The highest BCUT2D eigenvalue weighted by molar-refractivity contribution is 7.12. The number of hydrogen-bond acceptors (Lipinski definition) is 4. The van der Waals surface area contributed by atoms with E-state index in [0.717, 1.165) is 32.9 Å². The molecule has 1 amide bonds. The third-order valence-electron chi connectivity index (χ3n) is 4.78. The Hall–Kier alpha value is -3.69. The summed E-state index contributed by atoms with van der Waals surface area (Å²) in [7, 11) is 0. The van der Waals surface area contributed by atoms with Crippen LogP contribution in [0.3, 0.4) is 0 Å². The van der Waals surface area contributed by atoms with E-state index in [1.807, 2.05) is 78.4 Å². The molecular weight excluding hydrogens is 380 g/mol. The van der Waals surface area contributed by atoms with E-state index in [4.69, 9.17) is 0 Å². The van der Waals surface area contributed by atoms with Gasteiger partial charge in [0, 0.05) is 34.0 Å². The van der Waals surface area contributed by atoms with Crippen molar-refractivity contribution in [2.24, 2.45) is 0 Å². The SMILES string of the molecule is Cc1cc(/C=C(\C#N)C(=O)Nc2cccc3ccccc23)c(C)n1-c1nccs1. The summed E-state index contributed by atoms with van der Waals surface area (Å²) < 4.78 is 2.02. The molecule has 0 radical (unpaired) electrons. The van der Waals surface area contributed by atoms with Gasteiger partial charge in [-0.25, -0.2) is 4.98 Å². The van der Waals surface area contributed by atoms with Gasteiger partial charge in [-0.05, 0) is 43.0 Å². The number of thiazole rings is 1. The van der Waals surface area contributed by atoms with E-state index in [1.54, 1.807) is 12.3 Å². The maximum atomic E-state index is 12.8. The van der Waals surface area contributed by atoms with Gasteiger partial charge in [-0.15, -0.1) is 11.3 Å². The summed E-state index contributed by atoms with van der Waals surface area (Å²) in [4.78, 5) is 17.2. The van der Waals surface area contributed by atoms with Crippen molar-refractivity contribution in [3.8, 4) is 11.2 Å². The standard InChI is InChI=1S/C23H18N4OS/c1-15-12-18(16(2)27(15)23-25-10-11-29-23)13-19(14-24)22(28)26-21-9-5-7-17-6-3-4-8-20(17)21/h3-13H,1-2H3,(H,26,28)/b19-13+. The molecule has 0 atom stereocenters. The van der Waals surface area contributed by atoms with Crippen LogP contribution in [0.2, 0.25) is 0 Å². The quantitative estimate of drug-likeness (QED) is 0.377. The first kappa shape index (κ1) is 18.7. The number of nitriles is 1. The molecule has 0 unspecified atom stereocenters. The number of carbonyl (C=O) groups is 1. The molecule has 6 heteroatoms. The van der Waals surface area contributed by atoms with Crippen molar-refractivity contribution in [3.05, 3.63) is 82.6 Å². The van der Waals surface area contributed by atoms with Gasteiger partial charge in [-0.3, -0.25) is 9.36 Å². The van der Waals surface area contributed by atoms with E-state index in [9.17, 15) is 10.1 Å². The zero-order chi connectivity index (χ0) is 20.4. The van der Waals surface area contributed by atoms with Crippen LogP contribution in [0.1, 0.15) is 17.0 Å². The molecule has 2 heterocycles. The molecule has 29 heavy (non-hydrogen) atoms. The molecule has 0 spiro atoms. The molecule has 2 aromatic carbocycles. The second kappa shape index (κ2) is 7.74. The molecule has 0 saturated heterocycles. The van der Waals surface area contributed by atoms with Crippen LogP contribution in [-0.2, 0) is 4.79 Å². The highest BCUT2D eigenvalue weighted by Crippen LogP contribution is 2.26. The molecule has 4 aromatic rings. The van der Waals surface area contributed by atoms with Crippen molar-refractivity contribution in [1.82, 2.24) is 9.55 Å². The Morgan fingerprint density at radius 2 is 2.00 bits per heavy atom. The molecule has 2 aromatic heterocycles. The Morgan fingerprint density at radius 3 is 2.76 bits per heavy atom. The summed E-state index contributed by atoms with van der Waals surface area (Å²) in [6.45, 7) is 3.94. The number of amides is 1. The van der Waals surface area contributed by atoms with Crippen molar-refractivity contribution in [3.63, 3.8) is 0 Å². The predicted molar refractivity (Wildman–Crippen MR) is 117 cm³/mol. The highest BCUT2D eigenvalue weighted by atomic mass is 32.1. The normalized spacial score (nSPS) is 11.4. The molecular formula is C23H18N4OS. The van der Waals surface area contributed by atoms with Crippen LogP contribution in [0.4, 0.5) is 5.69 Å². The zero-order valence-corrected chi connectivity index (χ0v) is 16.8. The van der Waals surface area contributed by atoms with E-state index in [1.165, 1.54) is 11.3 Å². The lowest BCUT2D eigenvalue weighted by atomic mass is 10.1. The van der Waals surface area contributed by atoms with Crippen molar-refractivity contribution >= 4 is 39.8 Å². The topological polar surface area (TPSA) is 70.7 Å². The van der Waals surface area contributed by atoms with Crippen molar-refractivity contribution < 1.29 is 4.79 Å². The van der Waals surface area contributed by atoms with Crippen LogP contribution in [-0.4, -0.2) is 15.5 Å². The third kappa shape index (κ3) is 3.56. The highest BCUT2D eigenvalue weighted by Gasteiger charge is 2.15.